The minimum absolute atomic E-state index is 0.0861. The van der Waals surface area contributed by atoms with E-state index >= 15 is 0 Å². The number of nitrogens with zero attached hydrogens (tertiary/aromatic N) is 3. The Morgan fingerprint density at radius 1 is 1.05 bits per heavy atom. The first-order chi connectivity index (χ1) is 9.65. The molecule has 2 heterocycles. The highest BCUT2D eigenvalue weighted by Gasteiger charge is 2.16. The van der Waals surface area contributed by atoms with E-state index in [1.165, 1.54) is 0 Å². The van der Waals surface area contributed by atoms with Gasteiger partial charge in [0.05, 0.1) is 12.2 Å². The minimum atomic E-state index is -1.20. The molecule has 106 valence electrons. The molecule has 20 heavy (non-hydrogen) atoms. The number of fused-ring (bicyclic) bond motifs is 1. The van der Waals surface area contributed by atoms with Gasteiger partial charge >= 0.3 is 0 Å². The van der Waals surface area contributed by atoms with Crippen LogP contribution in [0.2, 0.25) is 0 Å². The van der Waals surface area contributed by atoms with Gasteiger partial charge in [-0.2, -0.15) is 0 Å². The van der Waals surface area contributed by atoms with E-state index in [-0.39, 0.29) is 12.2 Å². The number of nitrogens with one attached hydrogen (secondary N) is 1. The van der Waals surface area contributed by atoms with E-state index in [4.69, 9.17) is 0 Å². The molecule has 1 N–H and O–H groups in total. The molecule has 1 aliphatic heterocycles. The van der Waals surface area contributed by atoms with Crippen LogP contribution in [-0.4, -0.2) is 14.8 Å². The van der Waals surface area contributed by atoms with Gasteiger partial charge in [-0.05, 0) is 12.8 Å². The van der Waals surface area contributed by atoms with Crippen LogP contribution in [0.5, 0.6) is 0 Å². The van der Waals surface area contributed by atoms with Crippen LogP contribution in [0.1, 0.15) is 24.5 Å². The maximum atomic E-state index is 13.5. The van der Waals surface area contributed by atoms with E-state index in [1.807, 2.05) is 4.57 Å². The Morgan fingerprint density at radius 2 is 1.85 bits per heavy atom. The first-order valence-electron chi connectivity index (χ1n) is 6.44. The molecule has 1 aliphatic rings. The molecule has 0 saturated heterocycles. The number of aryl methyl sites for hydroxylation is 1. The van der Waals surface area contributed by atoms with Gasteiger partial charge in [0.2, 0.25) is 0 Å². The Bertz CT molecular complexity index is 639. The predicted molar refractivity (Wildman–Crippen MR) is 66.6 cm³/mol. The molecule has 0 saturated carbocycles. The van der Waals surface area contributed by atoms with Crippen LogP contribution in [0.3, 0.4) is 0 Å². The summed E-state index contributed by atoms with van der Waals surface area (Å²) in [4.78, 5) is 0. The van der Waals surface area contributed by atoms with E-state index < -0.39 is 17.5 Å². The maximum Gasteiger partial charge on any atom is 0.161 e. The van der Waals surface area contributed by atoms with Gasteiger partial charge in [-0.25, -0.2) is 13.2 Å². The second-order valence-corrected chi connectivity index (χ2v) is 4.74. The van der Waals surface area contributed by atoms with Crippen LogP contribution in [0.15, 0.2) is 12.1 Å². The Balaban J connectivity index is 1.77. The normalized spacial score (nSPS) is 14.2. The van der Waals surface area contributed by atoms with Crippen molar-refractivity contribution < 1.29 is 13.2 Å². The molecule has 0 aliphatic carbocycles. The monoisotopic (exact) mass is 282 g/mol. The molecule has 0 spiro atoms. The summed E-state index contributed by atoms with van der Waals surface area (Å²) in [6.07, 6.45) is 3.02. The number of rotatable bonds is 3. The zero-order valence-corrected chi connectivity index (χ0v) is 10.7. The fourth-order valence-corrected chi connectivity index (χ4v) is 2.33. The molecular weight excluding hydrogens is 269 g/mol. The van der Waals surface area contributed by atoms with Crippen molar-refractivity contribution in [3.63, 3.8) is 0 Å². The molecule has 0 atom stereocenters. The standard InChI is InChI=1S/C13H13F3N4/c14-8-5-10(16)11(6-9(8)15)17-7-13-19-18-12-3-1-2-4-20(12)13/h5-6,17H,1-4,7H2. The lowest BCUT2D eigenvalue weighted by molar-refractivity contribution is 0.495. The molecule has 0 fully saturated rings. The average Bonchev–Trinajstić information content (AvgIpc) is 2.85. The van der Waals surface area contributed by atoms with Crippen LogP contribution < -0.4 is 5.32 Å². The lowest BCUT2D eigenvalue weighted by Gasteiger charge is -2.15. The summed E-state index contributed by atoms with van der Waals surface area (Å²) >= 11 is 0. The van der Waals surface area contributed by atoms with Crippen molar-refractivity contribution in [2.75, 3.05) is 5.32 Å². The fourth-order valence-electron chi connectivity index (χ4n) is 2.33. The highest BCUT2D eigenvalue weighted by Crippen LogP contribution is 2.20. The molecule has 0 unspecified atom stereocenters. The van der Waals surface area contributed by atoms with Crippen LogP contribution in [0.4, 0.5) is 18.9 Å². The summed E-state index contributed by atoms with van der Waals surface area (Å²) in [5.41, 5.74) is -0.0861. The van der Waals surface area contributed by atoms with Crippen molar-refractivity contribution in [2.45, 2.75) is 32.4 Å². The van der Waals surface area contributed by atoms with Gasteiger partial charge in [0.1, 0.15) is 11.6 Å². The highest BCUT2D eigenvalue weighted by molar-refractivity contribution is 5.45. The van der Waals surface area contributed by atoms with Crippen molar-refractivity contribution in [1.29, 1.82) is 0 Å². The van der Waals surface area contributed by atoms with Crippen molar-refractivity contribution in [2.24, 2.45) is 0 Å². The minimum Gasteiger partial charge on any atom is -0.375 e. The molecule has 4 nitrogen and oxygen atoms in total. The Morgan fingerprint density at radius 3 is 2.70 bits per heavy atom. The average molecular weight is 282 g/mol. The lowest BCUT2D eigenvalue weighted by atomic mass is 10.2. The lowest BCUT2D eigenvalue weighted by Crippen LogP contribution is -2.15. The molecular formula is C13H13F3N4. The summed E-state index contributed by atoms with van der Waals surface area (Å²) < 4.78 is 41.4. The van der Waals surface area contributed by atoms with Gasteiger partial charge in [-0.15, -0.1) is 10.2 Å². The Hall–Kier alpha value is -2.05. The van der Waals surface area contributed by atoms with Crippen LogP contribution in [0.25, 0.3) is 0 Å². The number of benzene rings is 1. The summed E-state index contributed by atoms with van der Waals surface area (Å²) in [6.45, 7) is 1.05. The van der Waals surface area contributed by atoms with Gasteiger partial charge in [-0.3, -0.25) is 0 Å². The number of anilines is 1. The quantitative estimate of drug-likeness (QED) is 0.880. The summed E-state index contributed by atoms with van der Waals surface area (Å²) in [7, 11) is 0. The SMILES string of the molecule is Fc1cc(F)c(NCc2nnc3n2CCCC3)cc1F. The molecule has 0 bridgehead atoms. The third kappa shape index (κ3) is 2.35. The smallest absolute Gasteiger partial charge is 0.161 e. The Kier molecular flexibility index (Phi) is 3.33. The maximum absolute atomic E-state index is 13.5. The van der Waals surface area contributed by atoms with Crippen LogP contribution in [-0.2, 0) is 19.5 Å². The largest absolute Gasteiger partial charge is 0.375 e. The molecule has 7 heteroatoms. The summed E-state index contributed by atoms with van der Waals surface area (Å²) in [5, 5.41) is 10.8. The van der Waals surface area contributed by atoms with Crippen molar-refractivity contribution >= 4 is 5.69 Å². The van der Waals surface area contributed by atoms with Gasteiger partial charge in [-0.1, -0.05) is 0 Å². The molecule has 1 aromatic carbocycles. The second kappa shape index (κ2) is 5.15. The number of hydrogen-bond acceptors (Lipinski definition) is 3. The Labute approximate surface area is 113 Å². The van der Waals surface area contributed by atoms with Crippen LogP contribution >= 0.6 is 0 Å². The van der Waals surface area contributed by atoms with Gasteiger partial charge in [0.15, 0.2) is 17.5 Å². The number of halogens is 3. The summed E-state index contributed by atoms with van der Waals surface area (Å²) in [5.74, 6) is -1.53. The third-order valence-electron chi connectivity index (χ3n) is 3.38. The van der Waals surface area contributed by atoms with Gasteiger partial charge < -0.3 is 9.88 Å². The molecule has 3 rings (SSSR count). The fraction of sp³-hybridized carbons (Fsp3) is 0.385. The molecule has 1 aromatic heterocycles. The number of aromatic nitrogens is 3. The summed E-state index contributed by atoms with van der Waals surface area (Å²) in [6, 6.07) is 1.33. The zero-order valence-electron chi connectivity index (χ0n) is 10.7. The van der Waals surface area contributed by atoms with Crippen molar-refractivity contribution in [3.05, 3.63) is 41.2 Å². The van der Waals surface area contributed by atoms with E-state index in [0.717, 1.165) is 37.7 Å². The van der Waals surface area contributed by atoms with E-state index in [9.17, 15) is 13.2 Å². The third-order valence-corrected chi connectivity index (χ3v) is 3.38. The first kappa shape index (κ1) is 13.0. The van der Waals surface area contributed by atoms with E-state index in [1.54, 1.807) is 0 Å². The van der Waals surface area contributed by atoms with E-state index in [2.05, 4.69) is 15.5 Å². The van der Waals surface area contributed by atoms with Crippen LogP contribution in [0, 0.1) is 17.5 Å². The van der Waals surface area contributed by atoms with Crippen molar-refractivity contribution in [1.82, 2.24) is 14.8 Å². The van der Waals surface area contributed by atoms with Gasteiger partial charge in [0, 0.05) is 25.1 Å². The molecule has 0 amide bonds. The van der Waals surface area contributed by atoms with Gasteiger partial charge in [0.25, 0.3) is 0 Å². The topological polar surface area (TPSA) is 42.7 Å². The molecule has 0 radical (unpaired) electrons. The zero-order chi connectivity index (χ0) is 14.1. The van der Waals surface area contributed by atoms with E-state index in [0.29, 0.717) is 11.9 Å². The first-order valence-corrected chi connectivity index (χ1v) is 6.44. The second-order valence-electron chi connectivity index (χ2n) is 4.74. The highest BCUT2D eigenvalue weighted by atomic mass is 19.2. The van der Waals surface area contributed by atoms with Crippen molar-refractivity contribution in [3.8, 4) is 0 Å². The predicted octanol–water partition coefficient (Wildman–Crippen LogP) is 2.64. The molecule has 2 aromatic rings. The number of hydrogen-bond donors (Lipinski definition) is 1.